The molecule has 1 N–H and O–H groups in total. The van der Waals surface area contributed by atoms with Gasteiger partial charge in [0.15, 0.2) is 0 Å². The summed E-state index contributed by atoms with van der Waals surface area (Å²) in [5.41, 5.74) is 3.81. The van der Waals surface area contributed by atoms with Gasteiger partial charge < -0.3 is 15.0 Å². The normalized spacial score (nSPS) is 17.4. The highest BCUT2D eigenvalue weighted by Crippen LogP contribution is 2.32. The molecule has 1 heterocycles. The lowest BCUT2D eigenvalue weighted by molar-refractivity contribution is -0.131. The molecule has 0 aliphatic carbocycles. The molecule has 1 atom stereocenters. The number of carbonyl (C=O) groups is 1. The average Bonchev–Trinajstić information content (AvgIpc) is 2.92. The zero-order valence-electron chi connectivity index (χ0n) is 13.7. The number of likely N-dealkylation sites (tertiary alicyclic amines) is 1. The number of amides is 1. The first-order valence-electron chi connectivity index (χ1n) is 7.69. The number of hydrogen-bond acceptors (Lipinski definition) is 3. The Bertz CT molecular complexity index is 473. The summed E-state index contributed by atoms with van der Waals surface area (Å²) in [6, 6.07) is 6.83. The number of benzene rings is 1. The van der Waals surface area contributed by atoms with E-state index >= 15 is 0 Å². The quantitative estimate of drug-likeness (QED) is 0.817. The summed E-state index contributed by atoms with van der Waals surface area (Å²) in [5, 5.41) is 3.14. The van der Waals surface area contributed by atoms with Gasteiger partial charge in [0, 0.05) is 20.2 Å². The predicted molar refractivity (Wildman–Crippen MR) is 91.6 cm³/mol. The number of aryl methyl sites for hydroxylation is 2. The van der Waals surface area contributed by atoms with E-state index in [1.807, 2.05) is 4.90 Å². The number of ether oxygens (including phenoxy) is 1. The van der Waals surface area contributed by atoms with Crippen LogP contribution in [0.5, 0.6) is 0 Å². The van der Waals surface area contributed by atoms with Crippen molar-refractivity contribution in [3.63, 3.8) is 0 Å². The molecule has 5 heteroatoms. The molecule has 1 amide bonds. The molecule has 22 heavy (non-hydrogen) atoms. The summed E-state index contributed by atoms with van der Waals surface area (Å²) in [6.45, 7) is 6.83. The van der Waals surface area contributed by atoms with Gasteiger partial charge in [-0.05, 0) is 32.3 Å². The monoisotopic (exact) mass is 326 g/mol. The van der Waals surface area contributed by atoms with Gasteiger partial charge in [-0.1, -0.05) is 29.3 Å². The highest BCUT2D eigenvalue weighted by Gasteiger charge is 2.29. The van der Waals surface area contributed by atoms with Crippen molar-refractivity contribution in [2.75, 3.05) is 33.4 Å². The Morgan fingerprint density at radius 3 is 2.64 bits per heavy atom. The fourth-order valence-corrected chi connectivity index (χ4v) is 3.09. The lowest BCUT2D eigenvalue weighted by atomic mass is 9.99. The van der Waals surface area contributed by atoms with E-state index in [-0.39, 0.29) is 24.4 Å². The van der Waals surface area contributed by atoms with Crippen LogP contribution in [0.2, 0.25) is 0 Å². The third-order valence-corrected chi connectivity index (χ3v) is 3.96. The summed E-state index contributed by atoms with van der Waals surface area (Å²) in [4.78, 5) is 14.4. The molecule has 1 saturated heterocycles. The standard InChI is InChI=1S/C17H26N2O2.ClH/c1-13-9-14(2)11-15(10-13)16-5-4-7-19(16)17(20)12-18-6-8-21-3;/h9-11,16,18H,4-8,12H2,1-3H3;1H. The Labute approximate surface area is 139 Å². The van der Waals surface area contributed by atoms with Crippen LogP contribution >= 0.6 is 12.4 Å². The summed E-state index contributed by atoms with van der Waals surface area (Å²) >= 11 is 0. The molecular weight excluding hydrogens is 300 g/mol. The zero-order valence-corrected chi connectivity index (χ0v) is 14.5. The molecule has 124 valence electrons. The molecule has 1 fully saturated rings. The Morgan fingerprint density at radius 2 is 2.00 bits per heavy atom. The number of rotatable bonds is 6. The van der Waals surface area contributed by atoms with Crippen LogP contribution in [0.3, 0.4) is 0 Å². The van der Waals surface area contributed by atoms with Crippen LogP contribution in [-0.2, 0) is 9.53 Å². The SMILES string of the molecule is COCCNCC(=O)N1CCCC1c1cc(C)cc(C)c1.Cl. The average molecular weight is 327 g/mol. The van der Waals surface area contributed by atoms with Gasteiger partial charge in [-0.15, -0.1) is 12.4 Å². The van der Waals surface area contributed by atoms with Crippen molar-refractivity contribution in [2.24, 2.45) is 0 Å². The van der Waals surface area contributed by atoms with Crippen molar-refractivity contribution in [2.45, 2.75) is 32.7 Å². The molecule has 1 aromatic rings. The van der Waals surface area contributed by atoms with Crippen LogP contribution < -0.4 is 5.32 Å². The van der Waals surface area contributed by atoms with Crippen molar-refractivity contribution in [3.8, 4) is 0 Å². The molecule has 0 aromatic heterocycles. The second-order valence-corrected chi connectivity index (χ2v) is 5.84. The summed E-state index contributed by atoms with van der Waals surface area (Å²) < 4.78 is 4.98. The molecule has 2 rings (SSSR count). The number of hydrogen-bond donors (Lipinski definition) is 1. The highest BCUT2D eigenvalue weighted by molar-refractivity contribution is 5.85. The van der Waals surface area contributed by atoms with E-state index in [0.717, 1.165) is 19.4 Å². The third-order valence-electron chi connectivity index (χ3n) is 3.96. The molecule has 4 nitrogen and oxygen atoms in total. The summed E-state index contributed by atoms with van der Waals surface area (Å²) in [5.74, 6) is 0.188. The van der Waals surface area contributed by atoms with Gasteiger partial charge in [0.2, 0.25) is 5.91 Å². The zero-order chi connectivity index (χ0) is 15.2. The maximum Gasteiger partial charge on any atom is 0.237 e. The maximum atomic E-state index is 12.4. The minimum absolute atomic E-state index is 0. The van der Waals surface area contributed by atoms with E-state index in [9.17, 15) is 4.79 Å². The van der Waals surface area contributed by atoms with Crippen molar-refractivity contribution >= 4 is 18.3 Å². The second kappa shape index (κ2) is 9.13. The van der Waals surface area contributed by atoms with Gasteiger partial charge >= 0.3 is 0 Å². The topological polar surface area (TPSA) is 41.6 Å². The number of nitrogens with one attached hydrogen (secondary N) is 1. The first-order chi connectivity index (χ1) is 10.1. The lowest BCUT2D eigenvalue weighted by Gasteiger charge is -2.26. The van der Waals surface area contributed by atoms with Gasteiger partial charge in [0.1, 0.15) is 0 Å². The van der Waals surface area contributed by atoms with E-state index in [1.165, 1.54) is 16.7 Å². The number of methoxy groups -OCH3 is 1. The van der Waals surface area contributed by atoms with Crippen molar-refractivity contribution in [3.05, 3.63) is 34.9 Å². The molecule has 0 radical (unpaired) electrons. The predicted octanol–water partition coefficient (Wildman–Crippen LogP) is 2.62. The molecule has 1 aliphatic heterocycles. The molecule has 1 aromatic carbocycles. The van der Waals surface area contributed by atoms with Crippen LogP contribution in [0.15, 0.2) is 18.2 Å². The minimum atomic E-state index is 0. The molecule has 0 saturated carbocycles. The highest BCUT2D eigenvalue weighted by atomic mass is 35.5. The molecule has 0 spiro atoms. The number of nitrogens with zero attached hydrogens (tertiary/aromatic N) is 1. The van der Waals surface area contributed by atoms with Crippen LogP contribution in [-0.4, -0.2) is 44.2 Å². The van der Waals surface area contributed by atoms with Crippen molar-refractivity contribution in [1.82, 2.24) is 10.2 Å². The third kappa shape index (κ3) is 4.97. The Balaban J connectivity index is 0.00000242. The van der Waals surface area contributed by atoms with Gasteiger partial charge in [-0.2, -0.15) is 0 Å². The molecule has 1 unspecified atom stereocenters. The van der Waals surface area contributed by atoms with Gasteiger partial charge in [0.05, 0.1) is 19.2 Å². The Kier molecular flexibility index (Phi) is 7.87. The van der Waals surface area contributed by atoms with E-state index in [1.54, 1.807) is 7.11 Å². The van der Waals surface area contributed by atoms with Crippen LogP contribution in [0, 0.1) is 13.8 Å². The Hall–Kier alpha value is -1.10. The van der Waals surface area contributed by atoms with Gasteiger partial charge in [-0.25, -0.2) is 0 Å². The molecular formula is C17H27ClN2O2. The lowest BCUT2D eigenvalue weighted by Crippen LogP contribution is -2.38. The summed E-state index contributed by atoms with van der Waals surface area (Å²) in [7, 11) is 1.67. The van der Waals surface area contributed by atoms with Crippen LogP contribution in [0.25, 0.3) is 0 Å². The number of carbonyl (C=O) groups excluding carboxylic acids is 1. The van der Waals surface area contributed by atoms with Crippen molar-refractivity contribution in [1.29, 1.82) is 0 Å². The number of halogens is 1. The van der Waals surface area contributed by atoms with E-state index in [2.05, 4.69) is 37.4 Å². The van der Waals surface area contributed by atoms with Crippen LogP contribution in [0.1, 0.15) is 35.6 Å². The van der Waals surface area contributed by atoms with Gasteiger partial charge in [0.25, 0.3) is 0 Å². The largest absolute Gasteiger partial charge is 0.383 e. The first kappa shape index (κ1) is 18.9. The van der Waals surface area contributed by atoms with Gasteiger partial charge in [-0.3, -0.25) is 4.79 Å². The second-order valence-electron chi connectivity index (χ2n) is 5.84. The van der Waals surface area contributed by atoms with E-state index in [4.69, 9.17) is 4.74 Å². The van der Waals surface area contributed by atoms with E-state index in [0.29, 0.717) is 19.7 Å². The first-order valence-corrected chi connectivity index (χ1v) is 7.69. The smallest absolute Gasteiger partial charge is 0.237 e. The Morgan fingerprint density at radius 1 is 1.32 bits per heavy atom. The van der Waals surface area contributed by atoms with Crippen LogP contribution in [0.4, 0.5) is 0 Å². The maximum absolute atomic E-state index is 12.4. The fourth-order valence-electron chi connectivity index (χ4n) is 3.09. The fraction of sp³-hybridized carbons (Fsp3) is 0.588. The minimum Gasteiger partial charge on any atom is -0.383 e. The molecule has 0 bridgehead atoms. The summed E-state index contributed by atoms with van der Waals surface area (Å²) in [6.07, 6.45) is 2.15. The molecule has 1 aliphatic rings. The van der Waals surface area contributed by atoms with Crippen molar-refractivity contribution < 1.29 is 9.53 Å². The van der Waals surface area contributed by atoms with E-state index < -0.39 is 0 Å².